The van der Waals surface area contributed by atoms with Gasteiger partial charge in [-0.3, -0.25) is 4.48 Å². The summed E-state index contributed by atoms with van der Waals surface area (Å²) in [7, 11) is 0. The highest BCUT2D eigenvalue weighted by atomic mass is 15.4. The Balaban J connectivity index is 2.35. The molecule has 0 aliphatic heterocycles. The van der Waals surface area contributed by atoms with Gasteiger partial charge in [-0.15, -0.1) is 0 Å². The Bertz CT molecular complexity index is 551. The minimum atomic E-state index is 0.849. The molecular weight excluding hydrogens is 314 g/mol. The van der Waals surface area contributed by atoms with Crippen LogP contribution in [-0.2, 0) is 0 Å². The van der Waals surface area contributed by atoms with E-state index in [9.17, 15) is 0 Å². The van der Waals surface area contributed by atoms with Crippen molar-refractivity contribution in [3.05, 3.63) is 60.7 Å². The van der Waals surface area contributed by atoms with Crippen molar-refractivity contribution in [2.45, 2.75) is 65.7 Å². The summed E-state index contributed by atoms with van der Waals surface area (Å²) in [4.78, 5) is 0. The van der Waals surface area contributed by atoms with Gasteiger partial charge in [0.1, 0.15) is 11.4 Å². The highest BCUT2D eigenvalue weighted by molar-refractivity contribution is 5.58. The van der Waals surface area contributed by atoms with E-state index in [4.69, 9.17) is 0 Å². The zero-order chi connectivity index (χ0) is 18.7. The number of hydrogen-bond acceptors (Lipinski definition) is 0. The molecule has 2 aromatic rings. The van der Waals surface area contributed by atoms with Crippen molar-refractivity contribution in [3.8, 4) is 0 Å². The molecule has 0 N–H and O–H groups in total. The minimum absolute atomic E-state index is 0.849. The lowest BCUT2D eigenvalue weighted by atomic mass is 9.94. The first kappa shape index (κ1) is 20.7. The standard InChI is InChI=1S/C25H38N/c1-4-7-15-23(6-3)20-22-26(21-8-5-2,24-16-11-9-12-17-24)25-18-13-10-14-19-25/h9-14,16-19,23H,4-8,15,20-22H2,1-3H3/q+1. The summed E-state index contributed by atoms with van der Waals surface area (Å²) in [5, 5.41) is 0. The lowest BCUT2D eigenvalue weighted by Gasteiger charge is -2.39. The van der Waals surface area contributed by atoms with Crippen LogP contribution in [-0.4, -0.2) is 13.1 Å². The number of nitrogens with zero attached hydrogens (tertiary/aromatic N) is 1. The van der Waals surface area contributed by atoms with Gasteiger partial charge in [0.05, 0.1) is 13.1 Å². The van der Waals surface area contributed by atoms with Crippen molar-refractivity contribution >= 4 is 11.4 Å². The van der Waals surface area contributed by atoms with Crippen LogP contribution in [0.2, 0.25) is 0 Å². The molecule has 0 radical (unpaired) electrons. The lowest BCUT2D eigenvalue weighted by molar-refractivity contribution is 0.315. The molecular formula is C25H38N+. The molecule has 0 amide bonds. The molecule has 2 aromatic carbocycles. The van der Waals surface area contributed by atoms with Crippen LogP contribution in [0.15, 0.2) is 60.7 Å². The molecule has 0 saturated heterocycles. The van der Waals surface area contributed by atoms with E-state index in [2.05, 4.69) is 81.4 Å². The smallest absolute Gasteiger partial charge is 0.137 e. The summed E-state index contributed by atoms with van der Waals surface area (Å²) in [5.74, 6) is 0.849. The Hall–Kier alpha value is -1.60. The molecule has 1 heteroatoms. The fourth-order valence-corrected chi connectivity index (χ4v) is 4.08. The molecule has 0 saturated carbocycles. The summed E-state index contributed by atoms with van der Waals surface area (Å²) < 4.78 is 0.998. The second kappa shape index (κ2) is 11.2. The van der Waals surface area contributed by atoms with Crippen LogP contribution in [0, 0.1) is 5.92 Å². The van der Waals surface area contributed by atoms with Gasteiger partial charge in [0, 0.05) is 6.42 Å². The van der Waals surface area contributed by atoms with Crippen molar-refractivity contribution < 1.29 is 0 Å². The van der Waals surface area contributed by atoms with E-state index in [-0.39, 0.29) is 0 Å². The molecule has 1 unspecified atom stereocenters. The molecule has 0 aliphatic rings. The predicted octanol–water partition coefficient (Wildman–Crippen LogP) is 7.73. The maximum absolute atomic E-state index is 2.37. The Morgan fingerprint density at radius 2 is 1.19 bits per heavy atom. The molecule has 0 bridgehead atoms. The van der Waals surface area contributed by atoms with Crippen LogP contribution >= 0.6 is 0 Å². The quantitative estimate of drug-likeness (QED) is 0.343. The van der Waals surface area contributed by atoms with E-state index in [0.29, 0.717) is 0 Å². The third kappa shape index (κ3) is 5.45. The molecule has 26 heavy (non-hydrogen) atoms. The molecule has 0 aromatic heterocycles. The largest absolute Gasteiger partial charge is 0.259 e. The topological polar surface area (TPSA) is 0 Å². The van der Waals surface area contributed by atoms with E-state index in [0.717, 1.165) is 10.4 Å². The summed E-state index contributed by atoms with van der Waals surface area (Å²) in [6.07, 6.45) is 9.17. The van der Waals surface area contributed by atoms with Gasteiger partial charge >= 0.3 is 0 Å². The number of rotatable bonds is 12. The Morgan fingerprint density at radius 1 is 0.654 bits per heavy atom. The first-order valence-corrected chi connectivity index (χ1v) is 10.7. The molecule has 2 rings (SSSR count). The zero-order valence-electron chi connectivity index (χ0n) is 17.2. The number of para-hydroxylation sites is 2. The molecule has 1 nitrogen and oxygen atoms in total. The summed E-state index contributed by atoms with van der Waals surface area (Å²) >= 11 is 0. The van der Waals surface area contributed by atoms with Gasteiger partial charge in [0.2, 0.25) is 0 Å². The van der Waals surface area contributed by atoms with Gasteiger partial charge in [0.25, 0.3) is 0 Å². The van der Waals surface area contributed by atoms with Gasteiger partial charge in [-0.2, -0.15) is 0 Å². The van der Waals surface area contributed by atoms with E-state index >= 15 is 0 Å². The van der Waals surface area contributed by atoms with E-state index < -0.39 is 0 Å². The van der Waals surface area contributed by atoms with E-state index in [1.807, 2.05) is 0 Å². The number of benzene rings is 2. The van der Waals surface area contributed by atoms with Crippen molar-refractivity contribution in [3.63, 3.8) is 0 Å². The normalized spacial score (nSPS) is 12.9. The number of quaternary nitrogens is 1. The fraction of sp³-hybridized carbons (Fsp3) is 0.520. The SMILES string of the molecule is CCCCC(CC)CC[N+](CCCC)(c1ccccc1)c1ccccc1. The van der Waals surface area contributed by atoms with Crippen LogP contribution in [0.5, 0.6) is 0 Å². The van der Waals surface area contributed by atoms with Gasteiger partial charge in [0.15, 0.2) is 0 Å². The summed E-state index contributed by atoms with van der Waals surface area (Å²) in [5.41, 5.74) is 2.88. The van der Waals surface area contributed by atoms with Gasteiger partial charge in [-0.1, -0.05) is 89.3 Å². The molecule has 1 atom stereocenters. The van der Waals surface area contributed by atoms with E-state index in [1.54, 1.807) is 0 Å². The second-order valence-corrected chi connectivity index (χ2v) is 7.64. The van der Waals surface area contributed by atoms with Crippen molar-refractivity contribution in [2.24, 2.45) is 5.92 Å². The van der Waals surface area contributed by atoms with Gasteiger partial charge < -0.3 is 0 Å². The monoisotopic (exact) mass is 352 g/mol. The number of hydrogen-bond donors (Lipinski definition) is 0. The summed E-state index contributed by atoms with van der Waals surface area (Å²) in [6, 6.07) is 22.4. The van der Waals surface area contributed by atoms with Crippen LogP contribution < -0.4 is 4.48 Å². The van der Waals surface area contributed by atoms with Crippen LogP contribution in [0.25, 0.3) is 0 Å². The molecule has 0 fully saturated rings. The Kier molecular flexibility index (Phi) is 8.91. The molecule has 142 valence electrons. The minimum Gasteiger partial charge on any atom is -0.259 e. The van der Waals surface area contributed by atoms with Gasteiger partial charge in [-0.05, 0) is 36.6 Å². The van der Waals surface area contributed by atoms with Crippen LogP contribution in [0.3, 0.4) is 0 Å². The van der Waals surface area contributed by atoms with Crippen molar-refractivity contribution in [1.29, 1.82) is 0 Å². The fourth-order valence-electron chi connectivity index (χ4n) is 4.08. The highest BCUT2D eigenvalue weighted by Gasteiger charge is 2.33. The third-order valence-electron chi connectivity index (χ3n) is 5.86. The van der Waals surface area contributed by atoms with Crippen LogP contribution in [0.4, 0.5) is 11.4 Å². The third-order valence-corrected chi connectivity index (χ3v) is 5.86. The summed E-state index contributed by atoms with van der Waals surface area (Å²) in [6.45, 7) is 9.38. The maximum Gasteiger partial charge on any atom is 0.137 e. The van der Waals surface area contributed by atoms with Crippen molar-refractivity contribution in [2.75, 3.05) is 13.1 Å². The Morgan fingerprint density at radius 3 is 1.65 bits per heavy atom. The first-order chi connectivity index (χ1) is 12.8. The number of unbranched alkanes of at least 4 members (excludes halogenated alkanes) is 2. The highest BCUT2D eigenvalue weighted by Crippen LogP contribution is 2.36. The first-order valence-electron chi connectivity index (χ1n) is 10.7. The molecule has 0 heterocycles. The average molecular weight is 353 g/mol. The van der Waals surface area contributed by atoms with Gasteiger partial charge in [-0.25, -0.2) is 0 Å². The average Bonchev–Trinajstić information content (AvgIpc) is 2.72. The second-order valence-electron chi connectivity index (χ2n) is 7.64. The zero-order valence-corrected chi connectivity index (χ0v) is 17.2. The van der Waals surface area contributed by atoms with Crippen molar-refractivity contribution in [1.82, 2.24) is 4.48 Å². The Labute approximate surface area is 161 Å². The predicted molar refractivity (Wildman–Crippen MR) is 117 cm³/mol. The van der Waals surface area contributed by atoms with E-state index in [1.165, 1.54) is 69.4 Å². The maximum atomic E-state index is 2.37. The molecule has 0 spiro atoms. The lowest BCUT2D eigenvalue weighted by Crippen LogP contribution is -2.46. The molecule has 0 aliphatic carbocycles. The van der Waals surface area contributed by atoms with Crippen LogP contribution in [0.1, 0.15) is 65.7 Å².